The van der Waals surface area contributed by atoms with Crippen molar-refractivity contribution < 1.29 is 0 Å². The molecule has 4 aromatic rings. The van der Waals surface area contributed by atoms with E-state index in [9.17, 15) is 9.59 Å². The lowest BCUT2D eigenvalue weighted by Gasteiger charge is -2.34. The van der Waals surface area contributed by atoms with Gasteiger partial charge in [-0.25, -0.2) is 4.79 Å². The zero-order valence-corrected chi connectivity index (χ0v) is 19.8. The lowest BCUT2D eigenvalue weighted by atomic mass is 10.0. The second-order valence-electron chi connectivity index (χ2n) is 8.97. The summed E-state index contributed by atoms with van der Waals surface area (Å²) in [5.74, 6) is 0.669. The van der Waals surface area contributed by atoms with Gasteiger partial charge in [0.2, 0.25) is 5.95 Å². The van der Waals surface area contributed by atoms with Gasteiger partial charge in [0.15, 0.2) is 11.2 Å². The Morgan fingerprint density at radius 2 is 1.77 bits per heavy atom. The summed E-state index contributed by atoms with van der Waals surface area (Å²) < 4.78 is 4.46. The van der Waals surface area contributed by atoms with Gasteiger partial charge in [0.1, 0.15) is 0 Å². The van der Waals surface area contributed by atoms with Crippen LogP contribution in [0.15, 0.2) is 64.2 Å². The van der Waals surface area contributed by atoms with Crippen LogP contribution < -0.4 is 21.5 Å². The topological polar surface area (TPSA) is 101 Å². The lowest BCUT2D eigenvalue weighted by molar-refractivity contribution is 0.447. The standard InChI is InChI=1S/C26H27N7O2/c1-30-23-22(24(34)31(2)26(30)35)33(16-20-10-8-19(15-27)9-11-20)25(29-23)32-13-12-28-21(17-32)14-18-6-4-3-5-7-18/h3-11,21,28H,12-14,16-17H2,1-2H3/t21-/m1/s1. The van der Waals surface area contributed by atoms with E-state index >= 15 is 0 Å². The molecule has 9 heteroatoms. The molecule has 1 atom stereocenters. The van der Waals surface area contributed by atoms with E-state index in [0.29, 0.717) is 29.2 Å². The quantitative estimate of drug-likeness (QED) is 0.474. The number of nitrogens with one attached hydrogen (secondary N) is 1. The Bertz CT molecular complexity index is 1530. The summed E-state index contributed by atoms with van der Waals surface area (Å²) in [5, 5.41) is 12.7. The van der Waals surface area contributed by atoms with Gasteiger partial charge in [0.05, 0.1) is 18.2 Å². The van der Waals surface area contributed by atoms with Crippen LogP contribution in [-0.2, 0) is 27.1 Å². The third kappa shape index (κ3) is 4.24. The van der Waals surface area contributed by atoms with Gasteiger partial charge in [0, 0.05) is 39.8 Å². The van der Waals surface area contributed by atoms with Crippen molar-refractivity contribution in [3.8, 4) is 6.07 Å². The summed E-state index contributed by atoms with van der Waals surface area (Å²) in [6.45, 7) is 2.64. The van der Waals surface area contributed by atoms with E-state index in [-0.39, 0.29) is 11.6 Å². The van der Waals surface area contributed by atoms with E-state index < -0.39 is 5.69 Å². The van der Waals surface area contributed by atoms with Gasteiger partial charge in [-0.1, -0.05) is 42.5 Å². The van der Waals surface area contributed by atoms with Crippen LogP contribution >= 0.6 is 0 Å². The monoisotopic (exact) mass is 469 g/mol. The molecule has 2 aromatic carbocycles. The molecule has 3 heterocycles. The molecule has 9 nitrogen and oxygen atoms in total. The molecule has 0 spiro atoms. The number of benzene rings is 2. The molecule has 1 aliphatic rings. The lowest BCUT2D eigenvalue weighted by Crippen LogP contribution is -2.52. The Morgan fingerprint density at radius 3 is 2.49 bits per heavy atom. The number of aromatic nitrogens is 4. The first-order valence-electron chi connectivity index (χ1n) is 11.6. The van der Waals surface area contributed by atoms with Crippen LogP contribution in [0.1, 0.15) is 16.7 Å². The highest BCUT2D eigenvalue weighted by molar-refractivity contribution is 5.75. The Balaban J connectivity index is 1.58. The van der Waals surface area contributed by atoms with Gasteiger partial charge in [-0.15, -0.1) is 0 Å². The fraction of sp³-hybridized carbons (Fsp3) is 0.308. The maximum Gasteiger partial charge on any atom is 0.332 e. The molecule has 0 bridgehead atoms. The number of hydrogen-bond acceptors (Lipinski definition) is 6. The molecule has 1 saturated heterocycles. The van der Waals surface area contributed by atoms with E-state index in [0.717, 1.165) is 36.2 Å². The predicted octanol–water partition coefficient (Wildman–Crippen LogP) is 1.37. The average Bonchev–Trinajstić information content (AvgIpc) is 3.26. The van der Waals surface area contributed by atoms with E-state index in [2.05, 4.69) is 28.4 Å². The SMILES string of the molecule is Cn1c(=O)c2c(nc(N3CCN[C@H](Cc4ccccc4)C3)n2Cc2ccc(C#N)cc2)n(C)c1=O. The molecule has 1 fully saturated rings. The fourth-order valence-electron chi connectivity index (χ4n) is 4.74. The van der Waals surface area contributed by atoms with Crippen molar-refractivity contribution in [1.82, 2.24) is 24.0 Å². The molecule has 0 radical (unpaired) electrons. The average molecular weight is 470 g/mol. The van der Waals surface area contributed by atoms with Crippen LogP contribution in [-0.4, -0.2) is 44.4 Å². The second-order valence-corrected chi connectivity index (χ2v) is 8.97. The maximum absolute atomic E-state index is 13.2. The van der Waals surface area contributed by atoms with Crippen LogP contribution in [0.4, 0.5) is 5.95 Å². The molecule has 1 aliphatic heterocycles. The Hall–Kier alpha value is -4.16. The molecule has 178 valence electrons. The first kappa shape index (κ1) is 22.6. The third-order valence-electron chi connectivity index (χ3n) is 6.61. The van der Waals surface area contributed by atoms with Crippen molar-refractivity contribution >= 4 is 17.1 Å². The zero-order chi connectivity index (χ0) is 24.5. The van der Waals surface area contributed by atoms with Crippen LogP contribution in [0.3, 0.4) is 0 Å². The van der Waals surface area contributed by atoms with Gasteiger partial charge in [-0.3, -0.25) is 18.5 Å². The molecule has 2 aromatic heterocycles. The molecule has 0 amide bonds. The minimum atomic E-state index is -0.403. The molecule has 5 rings (SSSR count). The van der Waals surface area contributed by atoms with E-state index in [4.69, 9.17) is 10.2 Å². The first-order valence-corrected chi connectivity index (χ1v) is 11.6. The van der Waals surface area contributed by atoms with E-state index in [1.165, 1.54) is 17.2 Å². The van der Waals surface area contributed by atoms with Crippen molar-refractivity contribution in [2.75, 3.05) is 24.5 Å². The highest BCUT2D eigenvalue weighted by Gasteiger charge is 2.27. The number of piperazine rings is 1. The van der Waals surface area contributed by atoms with Gasteiger partial charge in [-0.05, 0) is 29.7 Å². The van der Waals surface area contributed by atoms with Gasteiger partial charge < -0.3 is 10.2 Å². The highest BCUT2D eigenvalue weighted by Crippen LogP contribution is 2.23. The van der Waals surface area contributed by atoms with Crippen molar-refractivity contribution in [2.24, 2.45) is 14.1 Å². The number of aryl methyl sites for hydroxylation is 1. The summed E-state index contributed by atoms with van der Waals surface area (Å²) in [6.07, 6.45) is 0.882. The number of anilines is 1. The minimum Gasteiger partial charge on any atom is -0.339 e. The predicted molar refractivity (Wildman–Crippen MR) is 135 cm³/mol. The van der Waals surface area contributed by atoms with Gasteiger partial charge >= 0.3 is 5.69 Å². The Labute approximate surface area is 202 Å². The van der Waals surface area contributed by atoms with Crippen LogP contribution in [0.25, 0.3) is 11.2 Å². The fourth-order valence-corrected chi connectivity index (χ4v) is 4.74. The number of nitrogens with zero attached hydrogens (tertiary/aromatic N) is 6. The van der Waals surface area contributed by atoms with E-state index in [1.54, 1.807) is 19.2 Å². The molecule has 0 aliphatic carbocycles. The van der Waals surface area contributed by atoms with Crippen molar-refractivity contribution in [3.63, 3.8) is 0 Å². The normalized spacial score (nSPS) is 15.9. The molecular formula is C26H27N7O2. The smallest absolute Gasteiger partial charge is 0.332 e. The molecule has 1 N–H and O–H groups in total. The molecule has 35 heavy (non-hydrogen) atoms. The highest BCUT2D eigenvalue weighted by atomic mass is 16.2. The number of imidazole rings is 1. The summed E-state index contributed by atoms with van der Waals surface area (Å²) >= 11 is 0. The van der Waals surface area contributed by atoms with Crippen LogP contribution in [0.2, 0.25) is 0 Å². The third-order valence-corrected chi connectivity index (χ3v) is 6.61. The largest absolute Gasteiger partial charge is 0.339 e. The maximum atomic E-state index is 13.2. The number of nitriles is 1. The number of fused-ring (bicyclic) bond motifs is 1. The van der Waals surface area contributed by atoms with Crippen LogP contribution in [0, 0.1) is 11.3 Å². The van der Waals surface area contributed by atoms with Crippen molar-refractivity contribution in [3.05, 3.63) is 92.1 Å². The summed E-state index contributed by atoms with van der Waals surface area (Å²) in [5.41, 5.74) is 2.78. The van der Waals surface area contributed by atoms with Gasteiger partial charge in [-0.2, -0.15) is 10.2 Å². The Kier molecular flexibility index (Phi) is 5.97. The Morgan fingerprint density at radius 1 is 1.03 bits per heavy atom. The zero-order valence-electron chi connectivity index (χ0n) is 19.8. The minimum absolute atomic E-state index is 0.223. The van der Waals surface area contributed by atoms with Gasteiger partial charge in [0.25, 0.3) is 5.56 Å². The first-order chi connectivity index (χ1) is 17.0. The van der Waals surface area contributed by atoms with Crippen molar-refractivity contribution in [2.45, 2.75) is 19.0 Å². The molecule has 0 unspecified atom stereocenters. The van der Waals surface area contributed by atoms with Crippen LogP contribution in [0.5, 0.6) is 0 Å². The van der Waals surface area contributed by atoms with E-state index in [1.807, 2.05) is 34.9 Å². The molecule has 0 saturated carbocycles. The number of rotatable bonds is 5. The summed E-state index contributed by atoms with van der Waals surface area (Å²) in [7, 11) is 3.13. The second kappa shape index (κ2) is 9.24. The summed E-state index contributed by atoms with van der Waals surface area (Å²) in [6, 6.07) is 20.0. The van der Waals surface area contributed by atoms with Crippen molar-refractivity contribution in [1.29, 1.82) is 5.26 Å². The molecular weight excluding hydrogens is 442 g/mol. The number of hydrogen-bond donors (Lipinski definition) is 1. The summed E-state index contributed by atoms with van der Waals surface area (Å²) in [4.78, 5) is 32.9.